The monoisotopic (exact) mass is 397 g/mol. The van der Waals surface area contributed by atoms with E-state index < -0.39 is 0 Å². The Morgan fingerprint density at radius 1 is 1.11 bits per heavy atom. The van der Waals surface area contributed by atoms with Gasteiger partial charge in [0.25, 0.3) is 0 Å². The second kappa shape index (κ2) is 8.67. The Morgan fingerprint density at radius 3 is 2.41 bits per heavy atom. The molecule has 0 saturated heterocycles. The van der Waals surface area contributed by atoms with E-state index in [1.807, 2.05) is 37.3 Å². The molecule has 6 heteroatoms. The number of rotatable bonds is 6. The van der Waals surface area contributed by atoms with Crippen LogP contribution in [0.2, 0.25) is 0 Å². The van der Waals surface area contributed by atoms with E-state index in [9.17, 15) is 4.79 Å². The minimum atomic E-state index is -0.164. The number of hydrogen-bond acceptors (Lipinski definition) is 5. The van der Waals surface area contributed by atoms with Crippen molar-refractivity contribution < 1.29 is 4.79 Å². The molecular formula is C21H23N3OS2. The van der Waals surface area contributed by atoms with E-state index in [1.165, 1.54) is 28.0 Å². The molecule has 140 valence electrons. The van der Waals surface area contributed by atoms with Crippen molar-refractivity contribution >= 4 is 34.1 Å². The van der Waals surface area contributed by atoms with Gasteiger partial charge < -0.3 is 0 Å². The summed E-state index contributed by atoms with van der Waals surface area (Å²) in [5.74, 6) is -0.0357. The van der Waals surface area contributed by atoms with Crippen LogP contribution in [0.5, 0.6) is 0 Å². The summed E-state index contributed by atoms with van der Waals surface area (Å²) in [6.45, 7) is 8.27. The van der Waals surface area contributed by atoms with Crippen molar-refractivity contribution in [3.63, 3.8) is 0 Å². The first kappa shape index (κ1) is 19.6. The van der Waals surface area contributed by atoms with E-state index >= 15 is 0 Å². The van der Waals surface area contributed by atoms with Crippen molar-refractivity contribution in [2.45, 2.75) is 44.3 Å². The lowest BCUT2D eigenvalue weighted by Crippen LogP contribution is -2.24. The van der Waals surface area contributed by atoms with Crippen LogP contribution >= 0.6 is 23.1 Å². The molecule has 0 fully saturated rings. The number of carbonyl (C=O) groups is 1. The summed E-state index contributed by atoms with van der Waals surface area (Å²) in [4.78, 5) is 13.8. The minimum Gasteiger partial charge on any atom is -0.300 e. The highest BCUT2D eigenvalue weighted by Gasteiger charge is 2.20. The topological polar surface area (TPSA) is 54.9 Å². The van der Waals surface area contributed by atoms with Gasteiger partial charge in [0.1, 0.15) is 5.01 Å². The highest BCUT2D eigenvalue weighted by atomic mass is 32.2. The smallest absolute Gasteiger partial charge is 0.239 e. The quantitative estimate of drug-likeness (QED) is 0.547. The fourth-order valence-electron chi connectivity index (χ4n) is 3.06. The Hall–Kier alpha value is -2.18. The van der Waals surface area contributed by atoms with Gasteiger partial charge in [-0.25, -0.2) is 0 Å². The predicted molar refractivity (Wildman–Crippen MR) is 115 cm³/mol. The van der Waals surface area contributed by atoms with Crippen molar-refractivity contribution in [1.82, 2.24) is 10.2 Å². The van der Waals surface area contributed by atoms with Crippen LogP contribution in [-0.2, 0) is 4.79 Å². The lowest BCUT2D eigenvalue weighted by molar-refractivity contribution is -0.115. The van der Waals surface area contributed by atoms with Crippen LogP contribution in [-0.4, -0.2) is 21.4 Å². The number of nitrogens with zero attached hydrogens (tertiary/aromatic N) is 2. The Kier molecular flexibility index (Phi) is 6.29. The molecule has 0 aliphatic heterocycles. The first-order valence-corrected chi connectivity index (χ1v) is 10.6. The van der Waals surface area contributed by atoms with Gasteiger partial charge in [-0.3, -0.25) is 10.1 Å². The second-order valence-electron chi connectivity index (χ2n) is 6.50. The van der Waals surface area contributed by atoms with Crippen LogP contribution in [0, 0.1) is 20.8 Å². The number of benzene rings is 2. The molecule has 1 unspecified atom stereocenters. The van der Waals surface area contributed by atoms with Gasteiger partial charge in [-0.05, 0) is 50.5 Å². The lowest BCUT2D eigenvalue weighted by atomic mass is 10.0. The zero-order chi connectivity index (χ0) is 19.4. The molecule has 27 heavy (non-hydrogen) atoms. The van der Waals surface area contributed by atoms with Gasteiger partial charge in [0.2, 0.25) is 11.0 Å². The van der Waals surface area contributed by atoms with E-state index in [-0.39, 0.29) is 11.2 Å². The minimum absolute atomic E-state index is 0.0357. The average Bonchev–Trinajstić information content (AvgIpc) is 3.07. The van der Waals surface area contributed by atoms with E-state index in [1.54, 1.807) is 11.8 Å². The van der Waals surface area contributed by atoms with Crippen molar-refractivity contribution in [2.75, 3.05) is 5.32 Å². The molecule has 1 heterocycles. The maximum atomic E-state index is 12.7. The molecule has 1 N–H and O–H groups in total. The molecule has 1 aromatic heterocycles. The van der Waals surface area contributed by atoms with Crippen molar-refractivity contribution in [3.8, 4) is 10.6 Å². The third-order valence-electron chi connectivity index (χ3n) is 4.23. The van der Waals surface area contributed by atoms with Crippen molar-refractivity contribution in [1.29, 1.82) is 0 Å². The first-order valence-electron chi connectivity index (χ1n) is 8.92. The van der Waals surface area contributed by atoms with Crippen LogP contribution in [0.25, 0.3) is 10.6 Å². The number of aromatic nitrogens is 2. The summed E-state index contributed by atoms with van der Waals surface area (Å²) in [5.41, 5.74) is 4.68. The van der Waals surface area contributed by atoms with Crippen molar-refractivity contribution in [2.24, 2.45) is 0 Å². The fourth-order valence-corrected chi connectivity index (χ4v) is 4.96. The molecule has 3 rings (SSSR count). The molecule has 0 aliphatic carbocycles. The predicted octanol–water partition coefficient (Wildman–Crippen LogP) is 5.64. The van der Waals surface area contributed by atoms with Gasteiger partial charge in [-0.15, -0.1) is 22.0 Å². The van der Waals surface area contributed by atoms with E-state index in [0.717, 1.165) is 21.9 Å². The second-order valence-corrected chi connectivity index (χ2v) is 8.76. The summed E-state index contributed by atoms with van der Waals surface area (Å²) in [5, 5.41) is 12.6. The maximum absolute atomic E-state index is 12.7. The number of thioether (sulfide) groups is 1. The van der Waals surface area contributed by atoms with Gasteiger partial charge in [-0.1, -0.05) is 54.2 Å². The van der Waals surface area contributed by atoms with Gasteiger partial charge in [0, 0.05) is 10.5 Å². The maximum Gasteiger partial charge on any atom is 0.239 e. The third-order valence-corrected chi connectivity index (χ3v) is 6.46. The van der Waals surface area contributed by atoms with Gasteiger partial charge in [0.05, 0.1) is 5.25 Å². The normalized spacial score (nSPS) is 12.0. The highest BCUT2D eigenvalue weighted by Crippen LogP contribution is 2.33. The Bertz CT molecular complexity index is 915. The van der Waals surface area contributed by atoms with Crippen molar-refractivity contribution in [3.05, 3.63) is 59.2 Å². The number of nitrogens with one attached hydrogen (secondary N) is 1. The van der Waals surface area contributed by atoms with Crippen LogP contribution in [0.4, 0.5) is 5.13 Å². The largest absolute Gasteiger partial charge is 0.300 e. The zero-order valence-electron chi connectivity index (χ0n) is 15.9. The number of hydrogen-bond donors (Lipinski definition) is 1. The standard InChI is InChI=1S/C21H23N3OS2/c1-5-17(26-16-9-7-6-8-10-16)19(25)22-21-24-23-20(27-21)18-14(3)11-13(2)12-15(18)4/h6-12,17H,5H2,1-4H3,(H,22,24,25). The molecule has 3 aromatic rings. The SMILES string of the molecule is CCC(Sc1ccccc1)C(=O)Nc1nnc(-c2c(C)cc(C)cc2C)s1. The van der Waals surface area contributed by atoms with E-state index in [0.29, 0.717) is 5.13 Å². The van der Waals surface area contributed by atoms with Crippen LogP contribution in [0.15, 0.2) is 47.4 Å². The molecule has 0 spiro atoms. The lowest BCUT2D eigenvalue weighted by Gasteiger charge is -2.13. The number of anilines is 1. The molecule has 1 atom stereocenters. The molecular weight excluding hydrogens is 374 g/mol. The van der Waals surface area contributed by atoms with Crippen LogP contribution in [0.3, 0.4) is 0 Å². The summed E-state index contributed by atoms with van der Waals surface area (Å²) in [6.07, 6.45) is 0.743. The third kappa shape index (κ3) is 4.76. The Morgan fingerprint density at radius 2 is 1.78 bits per heavy atom. The van der Waals surface area contributed by atoms with Gasteiger partial charge >= 0.3 is 0 Å². The average molecular weight is 398 g/mol. The zero-order valence-corrected chi connectivity index (χ0v) is 17.6. The van der Waals surface area contributed by atoms with Gasteiger partial charge in [-0.2, -0.15) is 0 Å². The van der Waals surface area contributed by atoms with Crippen LogP contribution in [0.1, 0.15) is 30.0 Å². The molecule has 0 saturated carbocycles. The fraction of sp³-hybridized carbons (Fsp3) is 0.286. The Labute approximate surface area is 168 Å². The molecule has 1 amide bonds. The molecule has 0 aliphatic rings. The molecule has 0 radical (unpaired) electrons. The molecule has 4 nitrogen and oxygen atoms in total. The molecule has 2 aromatic carbocycles. The molecule has 0 bridgehead atoms. The van der Waals surface area contributed by atoms with Crippen LogP contribution < -0.4 is 5.32 Å². The first-order chi connectivity index (χ1) is 13.0. The number of carbonyl (C=O) groups excluding carboxylic acids is 1. The summed E-state index contributed by atoms with van der Waals surface area (Å²) < 4.78 is 0. The van der Waals surface area contributed by atoms with E-state index in [4.69, 9.17) is 0 Å². The number of aryl methyl sites for hydroxylation is 3. The van der Waals surface area contributed by atoms with E-state index in [2.05, 4.69) is 48.4 Å². The Balaban J connectivity index is 1.74. The number of amides is 1. The van der Waals surface area contributed by atoms with Gasteiger partial charge in [0.15, 0.2) is 0 Å². The summed E-state index contributed by atoms with van der Waals surface area (Å²) in [7, 11) is 0. The summed E-state index contributed by atoms with van der Waals surface area (Å²) in [6, 6.07) is 14.3. The highest BCUT2D eigenvalue weighted by molar-refractivity contribution is 8.00. The summed E-state index contributed by atoms with van der Waals surface area (Å²) >= 11 is 2.99.